The molecule has 2 N–H and O–H groups in total. The molecular weight excluding hydrogens is 349 g/mol. The minimum absolute atomic E-state index is 0.335. The van der Waals surface area contributed by atoms with Crippen LogP contribution in [0.4, 0.5) is 0 Å². The van der Waals surface area contributed by atoms with Gasteiger partial charge < -0.3 is 4.98 Å². The molecule has 1 aromatic heterocycles. The van der Waals surface area contributed by atoms with Gasteiger partial charge in [-0.05, 0) is 42.0 Å². The van der Waals surface area contributed by atoms with E-state index < -0.39 is 16.1 Å². The molecule has 1 saturated carbocycles. The average Bonchev–Trinajstić information content (AvgIpc) is 2.99. The topological polar surface area (TPSA) is 82.3 Å². The van der Waals surface area contributed by atoms with E-state index in [1.807, 2.05) is 6.07 Å². The third kappa shape index (κ3) is 3.66. The number of carbonyl (C=O) groups is 1. The molecule has 0 atom stereocenters. The third-order valence-corrected chi connectivity index (χ3v) is 6.66. The maximum atomic E-state index is 12.3. The third-order valence-electron chi connectivity index (χ3n) is 5.25. The normalized spacial score (nSPS) is 16.2. The lowest BCUT2D eigenvalue weighted by Crippen LogP contribution is -2.39. The molecule has 0 unspecified atom stereocenters. The number of hydrogen-bond donors (Lipinski definition) is 2. The summed E-state index contributed by atoms with van der Waals surface area (Å²) in [6.45, 7) is 2.13. The zero-order valence-corrected chi connectivity index (χ0v) is 16.4. The predicted octanol–water partition coefficient (Wildman–Crippen LogP) is 1.86. The van der Waals surface area contributed by atoms with Crippen LogP contribution in [-0.2, 0) is 10.2 Å². The van der Waals surface area contributed by atoms with Crippen LogP contribution in [0.15, 0.2) is 18.2 Å². The van der Waals surface area contributed by atoms with E-state index in [0.717, 1.165) is 22.5 Å². The van der Waals surface area contributed by atoms with E-state index in [0.29, 0.717) is 11.5 Å². The molecule has 2 aromatic rings. The summed E-state index contributed by atoms with van der Waals surface area (Å²) in [7, 11) is -0.121. The van der Waals surface area contributed by atoms with Gasteiger partial charge in [0.05, 0.1) is 0 Å². The summed E-state index contributed by atoms with van der Waals surface area (Å²) in [5.74, 6) is -0.0475. The van der Waals surface area contributed by atoms with E-state index in [9.17, 15) is 13.2 Å². The first-order valence-electron chi connectivity index (χ1n) is 9.22. The first-order chi connectivity index (χ1) is 12.3. The molecular formula is C18H26BN3O3S. The fourth-order valence-corrected chi connectivity index (χ4v) is 4.35. The summed E-state index contributed by atoms with van der Waals surface area (Å²) < 4.78 is 26.8. The number of nitrogens with one attached hydrogen (secondary N) is 2. The number of amides is 1. The molecule has 0 spiro atoms. The SMILES string of the molecule is CBc1[nH]c2cc(C(=O)NS(=O)(=O)N(C)C)ccc2c1C1CCCCC1. The quantitative estimate of drug-likeness (QED) is 0.783. The van der Waals surface area contributed by atoms with Crippen LogP contribution >= 0.6 is 0 Å². The summed E-state index contributed by atoms with van der Waals surface area (Å²) in [5, 5.41) is 1.15. The number of benzene rings is 1. The van der Waals surface area contributed by atoms with Crippen molar-refractivity contribution in [3.05, 3.63) is 29.3 Å². The lowest BCUT2D eigenvalue weighted by atomic mass is 9.71. The Morgan fingerprint density at radius 1 is 1.23 bits per heavy atom. The second-order valence-electron chi connectivity index (χ2n) is 7.18. The summed E-state index contributed by atoms with van der Waals surface area (Å²) in [4.78, 5) is 15.8. The van der Waals surface area contributed by atoms with Gasteiger partial charge in [-0.2, -0.15) is 12.7 Å². The van der Waals surface area contributed by atoms with Crippen molar-refractivity contribution in [1.29, 1.82) is 0 Å². The Kier molecular flexibility index (Phi) is 5.43. The Hall–Kier alpha value is -1.80. The predicted molar refractivity (Wildman–Crippen MR) is 107 cm³/mol. The standard InChI is InChI=1S/C18H26BN3O3S/c1-19-17-16(12-7-5-4-6-8-12)14-10-9-13(11-15(14)20-17)18(23)21-26(24,25)22(2)3/h9-12,19-20H,4-8H2,1-3H3,(H,21,23). The number of aromatic amines is 1. The fraction of sp³-hybridized carbons (Fsp3) is 0.500. The molecule has 1 aliphatic carbocycles. The van der Waals surface area contributed by atoms with Crippen molar-refractivity contribution in [3.63, 3.8) is 0 Å². The summed E-state index contributed by atoms with van der Waals surface area (Å²) >= 11 is 0. The smallest absolute Gasteiger partial charge is 0.303 e. The van der Waals surface area contributed by atoms with E-state index in [1.54, 1.807) is 12.1 Å². The van der Waals surface area contributed by atoms with Crippen LogP contribution < -0.4 is 10.3 Å². The lowest BCUT2D eigenvalue weighted by Gasteiger charge is -2.22. The van der Waals surface area contributed by atoms with E-state index in [4.69, 9.17) is 0 Å². The van der Waals surface area contributed by atoms with E-state index >= 15 is 0 Å². The highest BCUT2D eigenvalue weighted by molar-refractivity contribution is 7.87. The minimum Gasteiger partial charge on any atom is -0.367 e. The van der Waals surface area contributed by atoms with Crippen molar-refractivity contribution >= 4 is 39.9 Å². The van der Waals surface area contributed by atoms with Gasteiger partial charge in [0, 0.05) is 30.6 Å². The zero-order chi connectivity index (χ0) is 18.9. The lowest BCUT2D eigenvalue weighted by molar-refractivity contribution is 0.0980. The number of fused-ring (bicyclic) bond motifs is 1. The number of hydrogen-bond acceptors (Lipinski definition) is 3. The van der Waals surface area contributed by atoms with E-state index in [1.165, 1.54) is 57.4 Å². The molecule has 0 aliphatic heterocycles. The highest BCUT2D eigenvalue weighted by Gasteiger charge is 2.23. The molecule has 6 nitrogen and oxygen atoms in total. The van der Waals surface area contributed by atoms with Gasteiger partial charge in [0.1, 0.15) is 0 Å². The molecule has 1 aromatic carbocycles. The molecule has 0 bridgehead atoms. The molecule has 1 amide bonds. The molecule has 0 radical (unpaired) electrons. The van der Waals surface area contributed by atoms with Crippen LogP contribution in [-0.4, -0.2) is 45.0 Å². The Morgan fingerprint density at radius 3 is 2.54 bits per heavy atom. The Labute approximate surface area is 155 Å². The van der Waals surface area contributed by atoms with Gasteiger partial charge in [0.25, 0.3) is 5.91 Å². The van der Waals surface area contributed by atoms with Gasteiger partial charge in [-0.25, -0.2) is 4.72 Å². The second kappa shape index (κ2) is 7.44. The maximum absolute atomic E-state index is 12.3. The average molecular weight is 375 g/mol. The van der Waals surface area contributed by atoms with Crippen LogP contribution in [0.5, 0.6) is 0 Å². The second-order valence-corrected chi connectivity index (χ2v) is 9.07. The molecule has 8 heteroatoms. The zero-order valence-electron chi connectivity index (χ0n) is 15.6. The molecule has 140 valence electrons. The molecule has 0 saturated heterocycles. The number of H-pyrrole nitrogens is 1. The van der Waals surface area contributed by atoms with Gasteiger partial charge >= 0.3 is 10.2 Å². The van der Waals surface area contributed by atoms with Gasteiger partial charge in [-0.15, -0.1) is 0 Å². The molecule has 26 heavy (non-hydrogen) atoms. The Morgan fingerprint density at radius 2 is 1.92 bits per heavy atom. The molecule has 1 heterocycles. The largest absolute Gasteiger partial charge is 0.367 e. The van der Waals surface area contributed by atoms with Crippen LogP contribution in [0.3, 0.4) is 0 Å². The summed E-state index contributed by atoms with van der Waals surface area (Å²) in [6.07, 6.45) is 6.27. The first-order valence-corrected chi connectivity index (χ1v) is 10.7. The van der Waals surface area contributed by atoms with E-state index in [2.05, 4.69) is 16.5 Å². The Balaban J connectivity index is 1.96. The highest BCUT2D eigenvalue weighted by atomic mass is 32.2. The molecule has 1 aliphatic rings. The van der Waals surface area contributed by atoms with Crippen LogP contribution in [0, 0.1) is 0 Å². The fourth-order valence-electron chi connectivity index (χ4n) is 3.82. The van der Waals surface area contributed by atoms with Crippen molar-refractivity contribution < 1.29 is 13.2 Å². The maximum Gasteiger partial charge on any atom is 0.303 e. The molecule has 1 fully saturated rings. The van der Waals surface area contributed by atoms with Crippen molar-refractivity contribution in [3.8, 4) is 0 Å². The number of rotatable bonds is 5. The van der Waals surface area contributed by atoms with Crippen LogP contribution in [0.25, 0.3) is 10.9 Å². The van der Waals surface area contributed by atoms with Gasteiger partial charge in [-0.3, -0.25) is 4.79 Å². The van der Waals surface area contributed by atoms with E-state index in [-0.39, 0.29) is 0 Å². The van der Waals surface area contributed by atoms with Crippen LogP contribution in [0.1, 0.15) is 53.9 Å². The number of nitrogens with zero attached hydrogens (tertiary/aromatic N) is 1. The minimum atomic E-state index is -3.80. The van der Waals surface area contributed by atoms with Gasteiger partial charge in [0.15, 0.2) is 7.28 Å². The highest BCUT2D eigenvalue weighted by Crippen LogP contribution is 2.35. The number of aromatic nitrogens is 1. The number of carbonyl (C=O) groups excluding carboxylic acids is 1. The van der Waals surface area contributed by atoms with Crippen molar-refractivity contribution in [2.24, 2.45) is 0 Å². The Bertz CT molecular complexity index is 915. The molecule has 3 rings (SSSR count). The van der Waals surface area contributed by atoms with Gasteiger partial charge in [0.2, 0.25) is 0 Å². The summed E-state index contributed by atoms with van der Waals surface area (Å²) in [5.41, 5.74) is 3.85. The van der Waals surface area contributed by atoms with Crippen LogP contribution in [0.2, 0.25) is 6.82 Å². The van der Waals surface area contributed by atoms with Crippen molar-refractivity contribution in [2.75, 3.05) is 14.1 Å². The first kappa shape index (κ1) is 19.0. The van der Waals surface area contributed by atoms with Crippen molar-refractivity contribution in [2.45, 2.75) is 44.8 Å². The van der Waals surface area contributed by atoms with Gasteiger partial charge in [-0.1, -0.05) is 32.2 Å². The van der Waals surface area contributed by atoms with Crippen molar-refractivity contribution in [1.82, 2.24) is 14.0 Å². The summed E-state index contributed by atoms with van der Waals surface area (Å²) in [6, 6.07) is 5.41. The monoisotopic (exact) mass is 375 g/mol.